The van der Waals surface area contributed by atoms with E-state index in [0.29, 0.717) is 9.13 Å². The van der Waals surface area contributed by atoms with Crippen LogP contribution in [0, 0.1) is 0 Å². The number of methoxy groups -OCH3 is 2. The number of carboxylic acids is 1. The highest BCUT2D eigenvalue weighted by Crippen LogP contribution is 2.24. The normalized spacial score (nSPS) is 11.7. The smallest absolute Gasteiger partial charge is 0.480 e. The first kappa shape index (κ1) is 28.3. The molecule has 0 aliphatic heterocycles. The second-order valence-corrected chi connectivity index (χ2v) is 8.24. The predicted molar refractivity (Wildman–Crippen MR) is 135 cm³/mol. The highest BCUT2D eigenvalue weighted by molar-refractivity contribution is 5.84. The number of nitrogens with zero attached hydrogens (tertiary/aromatic N) is 2. The molecule has 2 aromatic heterocycles. The summed E-state index contributed by atoms with van der Waals surface area (Å²) in [5, 5.41) is 9.43. The van der Waals surface area contributed by atoms with Crippen LogP contribution in [0.3, 0.4) is 0 Å². The van der Waals surface area contributed by atoms with E-state index in [2.05, 4.69) is 9.47 Å². The van der Waals surface area contributed by atoms with Crippen molar-refractivity contribution in [1.29, 1.82) is 0 Å². The second kappa shape index (κ2) is 11.6. The Bertz CT molecular complexity index is 1910. The van der Waals surface area contributed by atoms with Crippen LogP contribution < -0.4 is 32.1 Å². The van der Waals surface area contributed by atoms with Gasteiger partial charge in [0, 0.05) is 6.54 Å². The fourth-order valence-electron chi connectivity index (χ4n) is 3.99. The van der Waals surface area contributed by atoms with Crippen LogP contribution in [0.25, 0.3) is 21.9 Å². The molecule has 0 aliphatic carbocycles. The second-order valence-electron chi connectivity index (χ2n) is 8.24. The Balaban J connectivity index is 1.65. The lowest BCUT2D eigenvalue weighted by Gasteiger charge is -2.15. The third-order valence-electron chi connectivity index (χ3n) is 5.85. The number of ether oxygens (including phenoxy) is 4. The van der Waals surface area contributed by atoms with Crippen molar-refractivity contribution in [2.45, 2.75) is 25.4 Å². The molecule has 214 valence electrons. The van der Waals surface area contributed by atoms with Crippen molar-refractivity contribution in [3.63, 3.8) is 0 Å². The summed E-state index contributed by atoms with van der Waals surface area (Å²) in [6.07, 6.45) is -2.82. The first-order valence-electron chi connectivity index (χ1n) is 11.7. The van der Waals surface area contributed by atoms with E-state index < -0.39 is 52.5 Å². The molecule has 1 N–H and O–H groups in total. The van der Waals surface area contributed by atoms with Crippen LogP contribution in [0.4, 0.5) is 9.59 Å². The third kappa shape index (κ3) is 5.56. The lowest BCUT2D eigenvalue weighted by Crippen LogP contribution is -2.39. The zero-order chi connectivity index (χ0) is 29.8. The number of rotatable bonds is 8. The van der Waals surface area contributed by atoms with Crippen LogP contribution >= 0.6 is 0 Å². The predicted octanol–water partition coefficient (Wildman–Crippen LogP) is 1.62. The van der Waals surface area contributed by atoms with E-state index in [-0.39, 0.29) is 47.2 Å². The molecule has 0 fully saturated rings. The van der Waals surface area contributed by atoms with Crippen molar-refractivity contribution < 1.29 is 47.3 Å². The van der Waals surface area contributed by atoms with Gasteiger partial charge >= 0.3 is 29.8 Å². The average molecular weight is 572 g/mol. The largest absolute Gasteiger partial charge is 0.513 e. The van der Waals surface area contributed by atoms with Gasteiger partial charge in [-0.15, -0.1) is 0 Å². The number of aromatic nitrogens is 2. The van der Waals surface area contributed by atoms with E-state index in [1.165, 1.54) is 36.4 Å². The van der Waals surface area contributed by atoms with Crippen molar-refractivity contribution in [2.24, 2.45) is 0 Å². The zero-order valence-corrected chi connectivity index (χ0v) is 21.3. The summed E-state index contributed by atoms with van der Waals surface area (Å²) < 4.78 is 29.9. The Labute approximate surface area is 226 Å². The Kier molecular flexibility index (Phi) is 8.02. The molecule has 2 aromatic carbocycles. The maximum Gasteiger partial charge on any atom is 0.513 e. The molecule has 41 heavy (non-hydrogen) atoms. The van der Waals surface area contributed by atoms with Crippen LogP contribution in [0.1, 0.15) is 18.9 Å². The van der Waals surface area contributed by atoms with Crippen molar-refractivity contribution in [3.05, 3.63) is 78.2 Å². The van der Waals surface area contributed by atoms with Gasteiger partial charge < -0.3 is 32.9 Å². The molecule has 0 aliphatic rings. The van der Waals surface area contributed by atoms with Gasteiger partial charge in [-0.25, -0.2) is 33.1 Å². The van der Waals surface area contributed by atoms with Crippen LogP contribution in [0.15, 0.2) is 64.4 Å². The first-order valence-corrected chi connectivity index (χ1v) is 11.7. The number of benzene rings is 2. The lowest BCUT2D eigenvalue weighted by molar-refractivity contribution is -0.141. The molecule has 0 radical (unpaired) electrons. The van der Waals surface area contributed by atoms with Crippen molar-refractivity contribution in [2.75, 3.05) is 14.2 Å². The molecule has 0 spiro atoms. The summed E-state index contributed by atoms with van der Waals surface area (Å²) in [6, 6.07) is 6.00. The van der Waals surface area contributed by atoms with E-state index in [9.17, 15) is 38.7 Å². The van der Waals surface area contributed by atoms with Gasteiger partial charge in [0.15, 0.2) is 22.7 Å². The zero-order valence-electron chi connectivity index (χ0n) is 21.3. The maximum absolute atomic E-state index is 13.1. The summed E-state index contributed by atoms with van der Waals surface area (Å²) >= 11 is 0. The number of fused-ring (bicyclic) bond motifs is 2. The van der Waals surface area contributed by atoms with Crippen LogP contribution in [-0.2, 0) is 20.8 Å². The fourth-order valence-corrected chi connectivity index (χ4v) is 3.99. The highest BCUT2D eigenvalue weighted by Gasteiger charge is 2.27. The van der Waals surface area contributed by atoms with Gasteiger partial charge in [0.05, 0.1) is 25.0 Å². The van der Waals surface area contributed by atoms with Gasteiger partial charge in [0.2, 0.25) is 0 Å². The number of para-hydroxylation sites is 2. The van der Waals surface area contributed by atoms with Crippen molar-refractivity contribution >= 4 is 40.2 Å². The van der Waals surface area contributed by atoms with Crippen LogP contribution in [0.2, 0.25) is 0 Å². The van der Waals surface area contributed by atoms with Crippen LogP contribution in [0.5, 0.6) is 11.5 Å². The number of carboxylic acid groups (broad SMARTS) is 1. The Morgan fingerprint density at radius 3 is 1.83 bits per heavy atom. The van der Waals surface area contributed by atoms with Crippen molar-refractivity contribution in [3.8, 4) is 11.5 Å². The summed E-state index contributed by atoms with van der Waals surface area (Å²) in [6.45, 7) is -0.353. The SMILES string of the molecule is COC(=O)Oc1cccc2c(=O)n(CCC[C@@H](C(=O)O)n3c(=O)oc4c(OC(=O)OC)cccc4c3=O)c(=O)oc12. The minimum absolute atomic E-state index is 0.114. The van der Waals surface area contributed by atoms with E-state index in [1.807, 2.05) is 0 Å². The van der Waals surface area contributed by atoms with Gasteiger partial charge in [-0.3, -0.25) is 9.59 Å². The number of carbonyl (C=O) groups is 3. The first-order chi connectivity index (χ1) is 19.6. The Morgan fingerprint density at radius 2 is 1.32 bits per heavy atom. The number of carbonyl (C=O) groups excluding carboxylic acids is 2. The topological polar surface area (TPSA) is 213 Å². The minimum atomic E-state index is -1.75. The quantitative estimate of drug-likeness (QED) is 0.235. The number of hydrogen-bond donors (Lipinski definition) is 1. The molecule has 0 amide bonds. The number of aliphatic carboxylic acids is 1. The summed E-state index contributed by atoms with van der Waals surface area (Å²) in [5.41, 5.74) is -2.56. The molecule has 4 rings (SSSR count). The van der Waals surface area contributed by atoms with E-state index in [1.54, 1.807) is 0 Å². The van der Waals surface area contributed by atoms with E-state index in [4.69, 9.17) is 18.3 Å². The molecule has 4 aromatic rings. The number of hydrogen-bond acceptors (Lipinski definition) is 13. The average Bonchev–Trinajstić information content (AvgIpc) is 2.94. The minimum Gasteiger partial charge on any atom is -0.480 e. The van der Waals surface area contributed by atoms with Gasteiger partial charge in [0.1, 0.15) is 6.04 Å². The molecular formula is C25H20N2O14. The van der Waals surface area contributed by atoms with Gasteiger partial charge in [-0.1, -0.05) is 12.1 Å². The highest BCUT2D eigenvalue weighted by atomic mass is 16.7. The van der Waals surface area contributed by atoms with Gasteiger partial charge in [0.25, 0.3) is 11.1 Å². The molecule has 16 heteroatoms. The van der Waals surface area contributed by atoms with Crippen molar-refractivity contribution in [1.82, 2.24) is 9.13 Å². The third-order valence-corrected chi connectivity index (χ3v) is 5.85. The summed E-state index contributed by atoms with van der Waals surface area (Å²) in [7, 11) is 2.11. The molecule has 0 saturated carbocycles. The van der Waals surface area contributed by atoms with Crippen LogP contribution in [-0.4, -0.2) is 46.7 Å². The van der Waals surface area contributed by atoms with E-state index >= 15 is 0 Å². The Morgan fingerprint density at radius 1 is 0.805 bits per heavy atom. The molecule has 0 bridgehead atoms. The van der Waals surface area contributed by atoms with Gasteiger partial charge in [-0.2, -0.15) is 0 Å². The Hall–Kier alpha value is -5.67. The molecule has 0 saturated heterocycles. The van der Waals surface area contributed by atoms with E-state index in [0.717, 1.165) is 14.2 Å². The molecule has 16 nitrogen and oxygen atoms in total. The molecule has 1 atom stereocenters. The summed E-state index contributed by atoms with van der Waals surface area (Å²) in [5.74, 6) is -4.58. The molecular weight excluding hydrogens is 552 g/mol. The lowest BCUT2D eigenvalue weighted by atomic mass is 10.1. The fraction of sp³-hybridized carbons (Fsp3) is 0.240. The molecule has 2 heterocycles. The summed E-state index contributed by atoms with van der Waals surface area (Å²) in [4.78, 5) is 86.4. The molecule has 0 unspecified atom stereocenters. The maximum atomic E-state index is 13.1. The van der Waals surface area contributed by atoms with Gasteiger partial charge in [-0.05, 0) is 37.1 Å². The monoisotopic (exact) mass is 572 g/mol. The standard InChI is InChI=1S/C25H20N2O14/c1-36-24(34)38-15-9-3-6-12-17(15)40-22(32)26(19(12)28)11-5-8-14(21(30)31)27-20(29)13-7-4-10-16(39-25(35)37-2)18(13)41-23(27)33/h3-4,6-7,9-10,14H,5,8,11H2,1-2H3,(H,30,31)/t14-/m0/s1.